The second-order valence-electron chi connectivity index (χ2n) is 4.93. The molecule has 0 aliphatic rings. The van der Waals surface area contributed by atoms with Crippen molar-refractivity contribution in [3.8, 4) is 11.4 Å². The number of benzene rings is 2. The standard InChI is InChI=1S/C17H15N3O2/c1-12-8-6-7-11-15(12)22-17(21)16-13(2)20(19-18-16)14-9-4-3-5-10-14/h3-11H,1-2H3. The fourth-order valence-electron chi connectivity index (χ4n) is 2.15. The molecule has 5 nitrogen and oxygen atoms in total. The van der Waals surface area contributed by atoms with Crippen molar-refractivity contribution in [2.24, 2.45) is 0 Å². The molecule has 0 unspecified atom stereocenters. The quantitative estimate of drug-likeness (QED) is 0.550. The summed E-state index contributed by atoms with van der Waals surface area (Å²) in [6, 6.07) is 16.9. The molecule has 1 aromatic heterocycles. The van der Waals surface area contributed by atoms with E-state index in [9.17, 15) is 4.79 Å². The maximum absolute atomic E-state index is 12.3. The highest BCUT2D eigenvalue weighted by atomic mass is 16.5. The molecule has 0 saturated carbocycles. The normalized spacial score (nSPS) is 10.5. The fourth-order valence-corrected chi connectivity index (χ4v) is 2.15. The van der Waals surface area contributed by atoms with E-state index in [1.54, 1.807) is 17.7 Å². The van der Waals surface area contributed by atoms with E-state index < -0.39 is 5.97 Å². The van der Waals surface area contributed by atoms with Gasteiger partial charge in [0.25, 0.3) is 0 Å². The first kappa shape index (κ1) is 14.0. The van der Waals surface area contributed by atoms with Gasteiger partial charge in [-0.3, -0.25) is 0 Å². The molecule has 0 spiro atoms. The lowest BCUT2D eigenvalue weighted by Gasteiger charge is -2.06. The third kappa shape index (κ3) is 2.61. The number of esters is 1. The monoisotopic (exact) mass is 293 g/mol. The highest BCUT2D eigenvalue weighted by molar-refractivity contribution is 5.90. The predicted octanol–water partition coefficient (Wildman–Crippen LogP) is 3.10. The van der Waals surface area contributed by atoms with Crippen LogP contribution >= 0.6 is 0 Å². The van der Waals surface area contributed by atoms with Gasteiger partial charge in [-0.15, -0.1) is 5.10 Å². The van der Waals surface area contributed by atoms with E-state index in [0.29, 0.717) is 11.4 Å². The molecule has 1 heterocycles. The lowest BCUT2D eigenvalue weighted by Crippen LogP contribution is -2.12. The Hall–Kier alpha value is -2.95. The summed E-state index contributed by atoms with van der Waals surface area (Å²) in [5.41, 5.74) is 2.60. The number of aromatic nitrogens is 3. The van der Waals surface area contributed by atoms with Gasteiger partial charge in [-0.1, -0.05) is 41.6 Å². The van der Waals surface area contributed by atoms with Crippen LogP contribution < -0.4 is 4.74 Å². The summed E-state index contributed by atoms with van der Waals surface area (Å²) in [6.07, 6.45) is 0. The van der Waals surface area contributed by atoms with Crippen LogP contribution in [0.1, 0.15) is 21.7 Å². The van der Waals surface area contributed by atoms with Crippen molar-refractivity contribution in [2.75, 3.05) is 0 Å². The van der Waals surface area contributed by atoms with Crippen LogP contribution in [-0.2, 0) is 0 Å². The van der Waals surface area contributed by atoms with Crippen LogP contribution in [0.15, 0.2) is 54.6 Å². The Labute approximate surface area is 128 Å². The smallest absolute Gasteiger partial charge is 0.366 e. The number of nitrogens with zero attached hydrogens (tertiary/aromatic N) is 3. The Balaban J connectivity index is 1.89. The molecule has 0 atom stereocenters. The SMILES string of the molecule is Cc1ccccc1OC(=O)c1nnn(-c2ccccc2)c1C. The summed E-state index contributed by atoms with van der Waals surface area (Å²) in [5, 5.41) is 7.99. The number of hydrogen-bond acceptors (Lipinski definition) is 4. The van der Waals surface area contributed by atoms with E-state index in [1.807, 2.05) is 55.5 Å². The molecule has 110 valence electrons. The number of para-hydroxylation sites is 2. The summed E-state index contributed by atoms with van der Waals surface area (Å²) in [7, 11) is 0. The van der Waals surface area contributed by atoms with Crippen LogP contribution in [0.2, 0.25) is 0 Å². The molecule has 0 radical (unpaired) electrons. The molecule has 0 aliphatic carbocycles. The maximum atomic E-state index is 12.3. The van der Waals surface area contributed by atoms with Crippen molar-refractivity contribution in [3.05, 3.63) is 71.5 Å². The highest BCUT2D eigenvalue weighted by Crippen LogP contribution is 2.19. The molecule has 3 aromatic rings. The zero-order valence-corrected chi connectivity index (χ0v) is 12.4. The van der Waals surface area contributed by atoms with Gasteiger partial charge in [0.15, 0.2) is 5.69 Å². The lowest BCUT2D eigenvalue weighted by molar-refractivity contribution is 0.0726. The molecule has 3 rings (SSSR count). The molecule has 2 aromatic carbocycles. The Morgan fingerprint density at radius 3 is 2.41 bits per heavy atom. The Morgan fingerprint density at radius 2 is 1.68 bits per heavy atom. The molecule has 5 heteroatoms. The van der Waals surface area contributed by atoms with Crippen LogP contribution in [0, 0.1) is 13.8 Å². The Bertz CT molecular complexity index is 810. The van der Waals surface area contributed by atoms with Crippen molar-refractivity contribution in [3.63, 3.8) is 0 Å². The summed E-state index contributed by atoms with van der Waals surface area (Å²) in [6.45, 7) is 3.68. The van der Waals surface area contributed by atoms with E-state index in [1.165, 1.54) is 0 Å². The minimum atomic E-state index is -0.506. The third-order valence-corrected chi connectivity index (χ3v) is 3.38. The average Bonchev–Trinajstić information content (AvgIpc) is 2.92. The van der Waals surface area contributed by atoms with Crippen molar-refractivity contribution < 1.29 is 9.53 Å². The molecule has 0 fully saturated rings. The van der Waals surface area contributed by atoms with Gasteiger partial charge in [-0.25, -0.2) is 9.48 Å². The molecule has 0 N–H and O–H groups in total. The molecule has 22 heavy (non-hydrogen) atoms. The van der Waals surface area contributed by atoms with Crippen LogP contribution in [0.4, 0.5) is 0 Å². The lowest BCUT2D eigenvalue weighted by atomic mass is 10.2. The van der Waals surface area contributed by atoms with E-state index in [2.05, 4.69) is 10.3 Å². The predicted molar refractivity (Wildman–Crippen MR) is 82.2 cm³/mol. The minimum absolute atomic E-state index is 0.215. The van der Waals surface area contributed by atoms with Gasteiger partial charge in [-0.2, -0.15) is 0 Å². The zero-order valence-electron chi connectivity index (χ0n) is 12.4. The number of carbonyl (C=O) groups is 1. The molecular formula is C17H15N3O2. The molecule has 0 saturated heterocycles. The Morgan fingerprint density at radius 1 is 1.00 bits per heavy atom. The van der Waals surface area contributed by atoms with Crippen LogP contribution in [-0.4, -0.2) is 21.0 Å². The van der Waals surface area contributed by atoms with Gasteiger partial charge in [0.2, 0.25) is 0 Å². The second kappa shape index (κ2) is 5.81. The van der Waals surface area contributed by atoms with Crippen LogP contribution in [0.25, 0.3) is 5.69 Å². The number of aryl methyl sites for hydroxylation is 1. The van der Waals surface area contributed by atoms with Crippen LogP contribution in [0.5, 0.6) is 5.75 Å². The van der Waals surface area contributed by atoms with Gasteiger partial charge in [-0.05, 0) is 37.6 Å². The molecule has 0 bridgehead atoms. The second-order valence-corrected chi connectivity index (χ2v) is 4.93. The summed E-state index contributed by atoms with van der Waals surface area (Å²) in [4.78, 5) is 12.3. The van der Waals surface area contributed by atoms with Crippen molar-refractivity contribution in [1.82, 2.24) is 15.0 Å². The van der Waals surface area contributed by atoms with Crippen molar-refractivity contribution in [1.29, 1.82) is 0 Å². The van der Waals surface area contributed by atoms with Gasteiger partial charge in [0.1, 0.15) is 5.75 Å². The number of hydrogen-bond donors (Lipinski definition) is 0. The highest BCUT2D eigenvalue weighted by Gasteiger charge is 2.19. The van der Waals surface area contributed by atoms with Gasteiger partial charge < -0.3 is 4.74 Å². The first-order valence-electron chi connectivity index (χ1n) is 6.92. The third-order valence-electron chi connectivity index (χ3n) is 3.38. The molecule has 0 amide bonds. The molecular weight excluding hydrogens is 278 g/mol. The summed E-state index contributed by atoms with van der Waals surface area (Å²) < 4.78 is 7.03. The van der Waals surface area contributed by atoms with Gasteiger partial charge in [0.05, 0.1) is 11.4 Å². The van der Waals surface area contributed by atoms with E-state index >= 15 is 0 Å². The summed E-state index contributed by atoms with van der Waals surface area (Å²) in [5.74, 6) is 0.0233. The number of rotatable bonds is 3. The Kier molecular flexibility index (Phi) is 3.70. The van der Waals surface area contributed by atoms with Gasteiger partial charge >= 0.3 is 5.97 Å². The summed E-state index contributed by atoms with van der Waals surface area (Å²) >= 11 is 0. The topological polar surface area (TPSA) is 57.0 Å². The fraction of sp³-hybridized carbons (Fsp3) is 0.118. The maximum Gasteiger partial charge on any atom is 0.366 e. The van der Waals surface area contributed by atoms with Gasteiger partial charge in [0, 0.05) is 0 Å². The van der Waals surface area contributed by atoms with E-state index in [-0.39, 0.29) is 5.69 Å². The minimum Gasteiger partial charge on any atom is -0.421 e. The largest absolute Gasteiger partial charge is 0.421 e. The molecule has 0 aliphatic heterocycles. The average molecular weight is 293 g/mol. The first-order valence-corrected chi connectivity index (χ1v) is 6.92. The number of ether oxygens (including phenoxy) is 1. The van der Waals surface area contributed by atoms with Crippen molar-refractivity contribution in [2.45, 2.75) is 13.8 Å². The van der Waals surface area contributed by atoms with Crippen LogP contribution in [0.3, 0.4) is 0 Å². The van der Waals surface area contributed by atoms with Crippen molar-refractivity contribution >= 4 is 5.97 Å². The number of carbonyl (C=O) groups excluding carboxylic acids is 1. The van der Waals surface area contributed by atoms with E-state index in [0.717, 1.165) is 11.3 Å². The zero-order chi connectivity index (χ0) is 15.5. The van der Waals surface area contributed by atoms with E-state index in [4.69, 9.17) is 4.74 Å². The first-order chi connectivity index (χ1) is 10.7.